The van der Waals surface area contributed by atoms with Crippen molar-refractivity contribution < 1.29 is 9.53 Å². The third-order valence-electron chi connectivity index (χ3n) is 4.03. The van der Waals surface area contributed by atoms with Crippen LogP contribution in [-0.2, 0) is 15.1 Å². The maximum Gasteiger partial charge on any atom is 0.251 e. The Balaban J connectivity index is 1.84. The first kappa shape index (κ1) is 15.0. The Morgan fingerprint density at radius 2 is 2.36 bits per heavy atom. The zero-order valence-corrected chi connectivity index (χ0v) is 13.2. The zero-order valence-electron chi connectivity index (χ0n) is 13.2. The van der Waals surface area contributed by atoms with Crippen LogP contribution in [0.15, 0.2) is 24.5 Å². The highest BCUT2D eigenvalue weighted by Gasteiger charge is 2.31. The fraction of sp³-hybridized carbons (Fsp3) is 0.500. The molecule has 0 radical (unpaired) electrons. The van der Waals surface area contributed by atoms with E-state index >= 15 is 0 Å². The molecule has 118 valence electrons. The number of carbonyl (C=O) groups excluding carboxylic acids is 1. The molecule has 2 N–H and O–H groups in total. The number of nitrogens with one attached hydrogen (secondary N) is 2. The van der Waals surface area contributed by atoms with Gasteiger partial charge in [-0.15, -0.1) is 0 Å². The van der Waals surface area contributed by atoms with Crippen molar-refractivity contribution in [3.8, 4) is 0 Å². The lowest BCUT2D eigenvalue weighted by Gasteiger charge is -2.30. The van der Waals surface area contributed by atoms with Gasteiger partial charge in [0.25, 0.3) is 5.91 Å². The number of pyridine rings is 1. The Hall–Kier alpha value is -1.92. The highest BCUT2D eigenvalue weighted by Crippen LogP contribution is 2.23. The molecule has 6 nitrogen and oxygen atoms in total. The predicted molar refractivity (Wildman–Crippen MR) is 83.7 cm³/mol. The summed E-state index contributed by atoms with van der Waals surface area (Å²) in [5, 5.41) is 6.25. The van der Waals surface area contributed by atoms with Gasteiger partial charge in [0.05, 0.1) is 24.0 Å². The van der Waals surface area contributed by atoms with Crippen molar-refractivity contribution in [1.29, 1.82) is 0 Å². The molecule has 2 aromatic rings. The van der Waals surface area contributed by atoms with Crippen molar-refractivity contribution in [2.75, 3.05) is 19.7 Å². The molecule has 0 unspecified atom stereocenters. The van der Waals surface area contributed by atoms with Gasteiger partial charge in [0.2, 0.25) is 0 Å². The number of aryl methyl sites for hydroxylation is 1. The third kappa shape index (κ3) is 2.71. The van der Waals surface area contributed by atoms with Crippen LogP contribution in [0.1, 0.15) is 25.1 Å². The first-order chi connectivity index (χ1) is 10.5. The van der Waals surface area contributed by atoms with Crippen molar-refractivity contribution in [1.82, 2.24) is 20.0 Å². The molecule has 1 saturated heterocycles. The van der Waals surface area contributed by atoms with Crippen LogP contribution >= 0.6 is 0 Å². The molecule has 1 atom stereocenters. The summed E-state index contributed by atoms with van der Waals surface area (Å²) in [5.41, 5.74) is 2.43. The Bertz CT molecular complexity index is 687. The molecule has 1 amide bonds. The van der Waals surface area contributed by atoms with Gasteiger partial charge in [-0.25, -0.2) is 4.98 Å². The minimum absolute atomic E-state index is 0.0974. The predicted octanol–water partition coefficient (Wildman–Crippen LogP) is 0.982. The zero-order chi connectivity index (χ0) is 15.7. The molecule has 1 aliphatic rings. The molecule has 2 aromatic heterocycles. The topological polar surface area (TPSA) is 67.7 Å². The fourth-order valence-corrected chi connectivity index (χ4v) is 2.80. The van der Waals surface area contributed by atoms with Gasteiger partial charge >= 0.3 is 0 Å². The van der Waals surface area contributed by atoms with E-state index < -0.39 is 11.6 Å². The van der Waals surface area contributed by atoms with Gasteiger partial charge in [-0.3, -0.25) is 4.79 Å². The SMILES string of the molecule is Cc1cccn2c(C(C)(C)NC(=O)[C@@H]3CNCCO3)cnc12. The van der Waals surface area contributed by atoms with Crippen molar-refractivity contribution in [2.45, 2.75) is 32.4 Å². The van der Waals surface area contributed by atoms with Crippen LogP contribution in [0.5, 0.6) is 0 Å². The lowest BCUT2D eigenvalue weighted by molar-refractivity contribution is -0.136. The quantitative estimate of drug-likeness (QED) is 0.887. The van der Waals surface area contributed by atoms with Gasteiger partial charge in [0.15, 0.2) is 0 Å². The summed E-state index contributed by atoms with van der Waals surface area (Å²) in [4.78, 5) is 16.9. The van der Waals surface area contributed by atoms with E-state index in [1.54, 1.807) is 0 Å². The number of fused-ring (bicyclic) bond motifs is 1. The largest absolute Gasteiger partial charge is 0.366 e. The summed E-state index contributed by atoms with van der Waals surface area (Å²) in [7, 11) is 0. The molecule has 0 aliphatic carbocycles. The number of hydrogen-bond donors (Lipinski definition) is 2. The molecule has 22 heavy (non-hydrogen) atoms. The molecular formula is C16H22N4O2. The minimum Gasteiger partial charge on any atom is -0.366 e. The first-order valence-corrected chi connectivity index (χ1v) is 7.56. The van der Waals surface area contributed by atoms with E-state index in [4.69, 9.17) is 4.74 Å². The van der Waals surface area contributed by atoms with Crippen LogP contribution in [-0.4, -0.2) is 41.1 Å². The van der Waals surface area contributed by atoms with Crippen LogP contribution in [0.3, 0.4) is 0 Å². The molecule has 0 spiro atoms. The maximum absolute atomic E-state index is 12.4. The summed E-state index contributed by atoms with van der Waals surface area (Å²) in [5.74, 6) is -0.0974. The minimum atomic E-state index is -0.537. The Kier molecular flexibility index (Phi) is 3.88. The van der Waals surface area contributed by atoms with E-state index in [1.165, 1.54) is 0 Å². The summed E-state index contributed by atoms with van der Waals surface area (Å²) in [6.07, 6.45) is 3.36. The molecule has 3 heterocycles. The Morgan fingerprint density at radius 3 is 3.09 bits per heavy atom. The molecule has 0 bridgehead atoms. The number of morpholine rings is 1. The summed E-state index contributed by atoms with van der Waals surface area (Å²) < 4.78 is 7.54. The van der Waals surface area contributed by atoms with Crippen LogP contribution in [0, 0.1) is 6.92 Å². The van der Waals surface area contributed by atoms with Crippen molar-refractivity contribution in [3.05, 3.63) is 35.8 Å². The van der Waals surface area contributed by atoms with E-state index in [9.17, 15) is 4.79 Å². The number of imidazole rings is 1. The van der Waals surface area contributed by atoms with Gasteiger partial charge in [0.1, 0.15) is 11.8 Å². The van der Waals surface area contributed by atoms with Gasteiger partial charge in [0, 0.05) is 19.3 Å². The van der Waals surface area contributed by atoms with E-state index in [-0.39, 0.29) is 5.91 Å². The smallest absolute Gasteiger partial charge is 0.251 e. The van der Waals surface area contributed by atoms with Gasteiger partial charge in [-0.05, 0) is 32.4 Å². The third-order valence-corrected chi connectivity index (χ3v) is 4.03. The molecule has 3 rings (SSSR count). The van der Waals surface area contributed by atoms with Crippen LogP contribution in [0.25, 0.3) is 5.65 Å². The lowest BCUT2D eigenvalue weighted by atomic mass is 10.0. The second-order valence-electron chi connectivity index (χ2n) is 6.21. The number of hydrogen-bond acceptors (Lipinski definition) is 4. The Morgan fingerprint density at radius 1 is 1.55 bits per heavy atom. The first-order valence-electron chi connectivity index (χ1n) is 7.56. The average Bonchev–Trinajstić information content (AvgIpc) is 2.94. The van der Waals surface area contributed by atoms with Crippen molar-refractivity contribution in [3.63, 3.8) is 0 Å². The summed E-state index contributed by atoms with van der Waals surface area (Å²) in [6, 6.07) is 4.01. The van der Waals surface area contributed by atoms with Gasteiger partial charge in [-0.1, -0.05) is 6.07 Å². The highest BCUT2D eigenvalue weighted by molar-refractivity contribution is 5.82. The van der Waals surface area contributed by atoms with Crippen LogP contribution in [0.4, 0.5) is 0 Å². The number of nitrogens with zero attached hydrogens (tertiary/aromatic N) is 2. The number of aromatic nitrogens is 2. The monoisotopic (exact) mass is 302 g/mol. The van der Waals surface area contributed by atoms with E-state index in [1.807, 2.05) is 49.7 Å². The molecule has 1 aliphatic heterocycles. The normalized spacial score (nSPS) is 19.3. The van der Waals surface area contributed by atoms with Crippen LogP contribution in [0.2, 0.25) is 0 Å². The van der Waals surface area contributed by atoms with E-state index in [0.717, 1.165) is 23.4 Å². The van der Waals surface area contributed by atoms with Crippen molar-refractivity contribution >= 4 is 11.6 Å². The molecule has 6 heteroatoms. The highest BCUT2D eigenvalue weighted by atomic mass is 16.5. The standard InChI is InChI=1S/C16H22N4O2/c1-11-5-4-7-20-13(10-18-14(11)20)16(2,3)19-15(21)12-9-17-6-8-22-12/h4-5,7,10,12,17H,6,8-9H2,1-3H3,(H,19,21)/t12-/m0/s1. The van der Waals surface area contributed by atoms with E-state index in [2.05, 4.69) is 15.6 Å². The average molecular weight is 302 g/mol. The molecular weight excluding hydrogens is 280 g/mol. The van der Waals surface area contributed by atoms with Crippen molar-refractivity contribution in [2.24, 2.45) is 0 Å². The van der Waals surface area contributed by atoms with Gasteiger partial charge in [-0.2, -0.15) is 0 Å². The Labute approximate surface area is 129 Å². The number of rotatable bonds is 3. The lowest BCUT2D eigenvalue weighted by Crippen LogP contribution is -2.52. The second-order valence-corrected chi connectivity index (χ2v) is 6.21. The number of amides is 1. The van der Waals surface area contributed by atoms with Crippen LogP contribution < -0.4 is 10.6 Å². The number of carbonyl (C=O) groups is 1. The molecule has 0 saturated carbocycles. The molecule has 0 aromatic carbocycles. The second kappa shape index (κ2) is 5.70. The summed E-state index contributed by atoms with van der Waals surface area (Å²) in [6.45, 7) is 7.89. The van der Waals surface area contributed by atoms with E-state index in [0.29, 0.717) is 13.2 Å². The number of ether oxygens (including phenoxy) is 1. The molecule has 1 fully saturated rings. The maximum atomic E-state index is 12.4. The summed E-state index contributed by atoms with van der Waals surface area (Å²) >= 11 is 0. The fourth-order valence-electron chi connectivity index (χ4n) is 2.80. The van der Waals surface area contributed by atoms with Gasteiger partial charge < -0.3 is 19.8 Å².